The van der Waals surface area contributed by atoms with Gasteiger partial charge in [0.2, 0.25) is 0 Å². The molecule has 0 aromatic carbocycles. The Kier molecular flexibility index (Phi) is 5.75. The summed E-state index contributed by atoms with van der Waals surface area (Å²) in [7, 11) is 0. The largest absolute Gasteiger partial charge is 0.481 e. The quantitative estimate of drug-likeness (QED) is 0.529. The smallest absolute Gasteiger partial charge is 0.326 e. The number of carbonyl (C=O) groups excluding carboxylic acids is 1. The van der Waals surface area contributed by atoms with Crippen molar-refractivity contribution in [3.8, 4) is 0 Å². The Labute approximate surface area is 116 Å². The first-order valence-electron chi connectivity index (χ1n) is 6.45. The van der Waals surface area contributed by atoms with Crippen LogP contribution in [0, 0.1) is 0 Å². The summed E-state index contributed by atoms with van der Waals surface area (Å²) in [6, 6.07) is -1.86. The normalized spacial score (nSPS) is 23.1. The van der Waals surface area contributed by atoms with Crippen LogP contribution in [-0.4, -0.2) is 53.0 Å². The number of hydrogen-bond acceptors (Lipinski definition) is 4. The molecular weight excluding hydrogens is 268 g/mol. The van der Waals surface area contributed by atoms with Crippen molar-refractivity contribution in [3.05, 3.63) is 0 Å². The van der Waals surface area contributed by atoms with Gasteiger partial charge in [-0.1, -0.05) is 0 Å². The highest BCUT2D eigenvalue weighted by Gasteiger charge is 2.30. The Morgan fingerprint density at radius 2 is 2.05 bits per heavy atom. The fourth-order valence-corrected chi connectivity index (χ4v) is 1.98. The fourth-order valence-electron chi connectivity index (χ4n) is 1.98. The fraction of sp³-hybridized carbons (Fsp3) is 0.750. The van der Waals surface area contributed by atoms with E-state index in [4.69, 9.17) is 14.9 Å². The number of amides is 2. The number of ether oxygens (including phenoxy) is 1. The summed E-state index contributed by atoms with van der Waals surface area (Å²) in [5.74, 6) is -2.37. The van der Waals surface area contributed by atoms with Gasteiger partial charge in [0.15, 0.2) is 0 Å². The van der Waals surface area contributed by atoms with Gasteiger partial charge in [-0.3, -0.25) is 4.79 Å². The first-order chi connectivity index (χ1) is 9.32. The van der Waals surface area contributed by atoms with Crippen molar-refractivity contribution >= 4 is 18.0 Å². The van der Waals surface area contributed by atoms with Gasteiger partial charge in [-0.05, 0) is 26.2 Å². The van der Waals surface area contributed by atoms with Crippen molar-refractivity contribution in [2.24, 2.45) is 0 Å². The average Bonchev–Trinajstić information content (AvgIpc) is 2.79. The van der Waals surface area contributed by atoms with Gasteiger partial charge >= 0.3 is 18.0 Å². The van der Waals surface area contributed by atoms with Crippen molar-refractivity contribution in [2.45, 2.75) is 44.2 Å². The number of nitrogens with one attached hydrogen (secondary N) is 2. The Morgan fingerprint density at radius 1 is 1.35 bits per heavy atom. The molecule has 1 heterocycles. The molecule has 4 N–H and O–H groups in total. The van der Waals surface area contributed by atoms with Gasteiger partial charge in [0.25, 0.3) is 0 Å². The molecule has 8 heteroatoms. The second-order valence-corrected chi connectivity index (χ2v) is 5.05. The zero-order chi connectivity index (χ0) is 15.2. The summed E-state index contributed by atoms with van der Waals surface area (Å²) in [6.07, 6.45) is 1.27. The third-order valence-electron chi connectivity index (χ3n) is 3.17. The van der Waals surface area contributed by atoms with Gasteiger partial charge in [0.1, 0.15) is 6.04 Å². The van der Waals surface area contributed by atoms with Crippen LogP contribution in [0.4, 0.5) is 4.79 Å². The van der Waals surface area contributed by atoms with Gasteiger partial charge in [0.05, 0.1) is 5.60 Å². The summed E-state index contributed by atoms with van der Waals surface area (Å²) in [6.45, 7) is 2.81. The number of hydrogen-bond donors (Lipinski definition) is 4. The van der Waals surface area contributed by atoms with Crippen LogP contribution in [-0.2, 0) is 14.3 Å². The predicted molar refractivity (Wildman–Crippen MR) is 68.4 cm³/mol. The second-order valence-electron chi connectivity index (χ2n) is 5.05. The molecule has 8 nitrogen and oxygen atoms in total. The van der Waals surface area contributed by atoms with Crippen molar-refractivity contribution < 1.29 is 29.3 Å². The molecule has 0 saturated carbocycles. The maximum atomic E-state index is 11.6. The molecule has 2 atom stereocenters. The molecule has 1 fully saturated rings. The maximum Gasteiger partial charge on any atom is 0.326 e. The van der Waals surface area contributed by atoms with Gasteiger partial charge in [0, 0.05) is 19.6 Å². The van der Waals surface area contributed by atoms with Crippen molar-refractivity contribution in [1.29, 1.82) is 0 Å². The molecule has 0 bridgehead atoms. The van der Waals surface area contributed by atoms with Crippen molar-refractivity contribution in [3.63, 3.8) is 0 Å². The monoisotopic (exact) mass is 288 g/mol. The number of carboxylic acid groups (broad SMARTS) is 2. The average molecular weight is 288 g/mol. The Bertz CT molecular complexity index is 378. The third kappa shape index (κ3) is 5.43. The van der Waals surface area contributed by atoms with Gasteiger partial charge in [-0.2, -0.15) is 0 Å². The Morgan fingerprint density at radius 3 is 2.55 bits per heavy atom. The van der Waals surface area contributed by atoms with E-state index in [1.165, 1.54) is 0 Å². The first kappa shape index (κ1) is 16.2. The molecule has 0 radical (unpaired) electrons. The molecule has 1 saturated heterocycles. The van der Waals surface area contributed by atoms with Gasteiger partial charge in [-0.25, -0.2) is 9.59 Å². The minimum Gasteiger partial charge on any atom is -0.481 e. The molecule has 1 aliphatic rings. The maximum absolute atomic E-state index is 11.6. The summed E-state index contributed by atoms with van der Waals surface area (Å²) in [5, 5.41) is 22.2. The Hall–Kier alpha value is -1.83. The van der Waals surface area contributed by atoms with E-state index < -0.39 is 29.6 Å². The molecule has 0 aliphatic carbocycles. The lowest BCUT2D eigenvalue weighted by molar-refractivity contribution is -0.140. The second kappa shape index (κ2) is 7.09. The first-order valence-corrected chi connectivity index (χ1v) is 6.45. The van der Waals surface area contributed by atoms with Crippen LogP contribution in [0.2, 0.25) is 0 Å². The van der Waals surface area contributed by atoms with E-state index in [0.717, 1.165) is 12.8 Å². The SMILES string of the molecule is CC1(CNC(=O)N[C@@H](CCC(=O)O)C(=O)O)CCCO1. The van der Waals surface area contributed by atoms with Crippen LogP contribution in [0.25, 0.3) is 0 Å². The van der Waals surface area contributed by atoms with E-state index in [1.807, 2.05) is 6.92 Å². The highest BCUT2D eigenvalue weighted by Crippen LogP contribution is 2.23. The highest BCUT2D eigenvalue weighted by molar-refractivity contribution is 5.83. The number of carboxylic acids is 2. The number of aliphatic carboxylic acids is 2. The lowest BCUT2D eigenvalue weighted by Gasteiger charge is -2.24. The summed E-state index contributed by atoms with van der Waals surface area (Å²) in [5.41, 5.74) is -0.420. The zero-order valence-corrected chi connectivity index (χ0v) is 11.3. The van der Waals surface area contributed by atoms with E-state index in [-0.39, 0.29) is 19.4 Å². The van der Waals surface area contributed by atoms with Crippen LogP contribution in [0.5, 0.6) is 0 Å². The topological polar surface area (TPSA) is 125 Å². The molecule has 1 unspecified atom stereocenters. The van der Waals surface area contributed by atoms with Crippen molar-refractivity contribution in [2.75, 3.05) is 13.2 Å². The molecule has 2 amide bonds. The van der Waals surface area contributed by atoms with Gasteiger partial charge < -0.3 is 25.6 Å². The van der Waals surface area contributed by atoms with E-state index in [9.17, 15) is 14.4 Å². The van der Waals surface area contributed by atoms with Crippen LogP contribution >= 0.6 is 0 Å². The van der Waals surface area contributed by atoms with E-state index in [1.54, 1.807) is 0 Å². The highest BCUT2D eigenvalue weighted by atomic mass is 16.5. The lowest BCUT2D eigenvalue weighted by atomic mass is 10.0. The molecule has 1 aliphatic heterocycles. The number of carbonyl (C=O) groups is 3. The summed E-state index contributed by atoms with van der Waals surface area (Å²) >= 11 is 0. The molecule has 114 valence electrons. The zero-order valence-electron chi connectivity index (χ0n) is 11.3. The van der Waals surface area contributed by atoms with Gasteiger partial charge in [-0.15, -0.1) is 0 Å². The minimum absolute atomic E-state index is 0.161. The number of urea groups is 1. The van der Waals surface area contributed by atoms with Crippen LogP contribution in [0.3, 0.4) is 0 Å². The number of rotatable bonds is 7. The molecular formula is C12H20N2O6. The molecule has 0 spiro atoms. The van der Waals surface area contributed by atoms with Crippen LogP contribution in [0.1, 0.15) is 32.6 Å². The third-order valence-corrected chi connectivity index (χ3v) is 3.17. The predicted octanol–water partition coefficient (Wildman–Crippen LogP) is 0.173. The van der Waals surface area contributed by atoms with Crippen LogP contribution in [0.15, 0.2) is 0 Å². The summed E-state index contributed by atoms with van der Waals surface area (Å²) < 4.78 is 5.49. The van der Waals surface area contributed by atoms with Crippen molar-refractivity contribution in [1.82, 2.24) is 10.6 Å². The standard InChI is InChI=1S/C12H20N2O6/c1-12(5-2-6-20-12)7-13-11(19)14-8(10(17)18)3-4-9(15)16/h8H,2-7H2,1H3,(H,15,16)(H,17,18)(H2,13,14,19)/t8-,12?/m0/s1. The summed E-state index contributed by atoms with van der Waals surface area (Å²) in [4.78, 5) is 32.9. The van der Waals surface area contributed by atoms with E-state index >= 15 is 0 Å². The molecule has 20 heavy (non-hydrogen) atoms. The van der Waals surface area contributed by atoms with E-state index in [0.29, 0.717) is 6.61 Å². The van der Waals surface area contributed by atoms with E-state index in [2.05, 4.69) is 10.6 Å². The lowest BCUT2D eigenvalue weighted by Crippen LogP contribution is -2.49. The molecule has 1 rings (SSSR count). The Balaban J connectivity index is 2.37. The van der Waals surface area contributed by atoms with Crippen LogP contribution < -0.4 is 10.6 Å². The minimum atomic E-state index is -1.26. The molecule has 0 aromatic heterocycles. The molecule has 0 aromatic rings.